The normalized spacial score (nSPS) is 10.6. The molecule has 0 aliphatic heterocycles. The van der Waals surface area contributed by atoms with Gasteiger partial charge in [0.2, 0.25) is 5.91 Å². The summed E-state index contributed by atoms with van der Waals surface area (Å²) < 4.78 is 5.40. The lowest BCUT2D eigenvalue weighted by Crippen LogP contribution is -2.32. The predicted molar refractivity (Wildman–Crippen MR) is 114 cm³/mol. The SMILES string of the molecule is CNC(=O)c1ccc(CN(CC(=O)Nc2ccccc2[N+](=O)[O-])Cc2ccco2)cc1. The fourth-order valence-corrected chi connectivity index (χ4v) is 3.09. The van der Waals surface area contributed by atoms with Crippen molar-refractivity contribution >= 4 is 23.2 Å². The lowest BCUT2D eigenvalue weighted by molar-refractivity contribution is -0.383. The lowest BCUT2D eigenvalue weighted by atomic mass is 10.1. The number of amides is 2. The summed E-state index contributed by atoms with van der Waals surface area (Å²) in [5, 5.41) is 16.4. The van der Waals surface area contributed by atoms with Crippen molar-refractivity contribution in [3.8, 4) is 0 Å². The Morgan fingerprint density at radius 1 is 1.03 bits per heavy atom. The number of nitrogens with zero attached hydrogens (tertiary/aromatic N) is 2. The number of hydrogen-bond donors (Lipinski definition) is 2. The van der Waals surface area contributed by atoms with Gasteiger partial charge in [0.25, 0.3) is 11.6 Å². The van der Waals surface area contributed by atoms with E-state index in [0.717, 1.165) is 5.56 Å². The topological polar surface area (TPSA) is 118 Å². The van der Waals surface area contributed by atoms with Gasteiger partial charge < -0.3 is 15.1 Å². The molecule has 2 aromatic carbocycles. The fourth-order valence-electron chi connectivity index (χ4n) is 3.09. The Kier molecular flexibility index (Phi) is 7.13. The molecule has 3 aromatic rings. The van der Waals surface area contributed by atoms with Crippen molar-refractivity contribution in [2.24, 2.45) is 0 Å². The van der Waals surface area contributed by atoms with Crippen molar-refractivity contribution in [1.29, 1.82) is 0 Å². The van der Waals surface area contributed by atoms with Crippen molar-refractivity contribution in [3.63, 3.8) is 0 Å². The second-order valence-electron chi connectivity index (χ2n) is 6.82. The quantitative estimate of drug-likeness (QED) is 0.404. The molecule has 3 rings (SSSR count). The highest BCUT2D eigenvalue weighted by atomic mass is 16.6. The van der Waals surface area contributed by atoms with Crippen LogP contribution in [0.3, 0.4) is 0 Å². The highest BCUT2D eigenvalue weighted by molar-refractivity contribution is 5.94. The minimum absolute atomic E-state index is 0.00997. The lowest BCUT2D eigenvalue weighted by Gasteiger charge is -2.21. The van der Waals surface area contributed by atoms with Crippen LogP contribution >= 0.6 is 0 Å². The summed E-state index contributed by atoms with van der Waals surface area (Å²) in [6.45, 7) is 0.775. The molecule has 0 unspecified atom stereocenters. The molecule has 0 saturated heterocycles. The summed E-state index contributed by atoms with van der Waals surface area (Å²) in [5.74, 6) is 0.117. The molecule has 9 heteroatoms. The standard InChI is InChI=1S/C22H22N4O5/c1-23-22(28)17-10-8-16(9-11-17)13-25(14-18-5-4-12-31-18)15-21(27)24-19-6-2-3-7-20(19)26(29)30/h2-12H,13-15H2,1H3,(H,23,28)(H,24,27). The molecule has 2 amide bonds. The molecule has 0 atom stereocenters. The largest absolute Gasteiger partial charge is 0.468 e. The van der Waals surface area contributed by atoms with Gasteiger partial charge in [0.05, 0.1) is 24.3 Å². The number of nitrogens with one attached hydrogen (secondary N) is 2. The Bertz CT molecular complexity index is 1050. The first kappa shape index (κ1) is 21.7. The molecule has 0 aliphatic carbocycles. The van der Waals surface area contributed by atoms with Gasteiger partial charge in [-0.25, -0.2) is 0 Å². The molecular weight excluding hydrogens is 400 g/mol. The summed E-state index contributed by atoms with van der Waals surface area (Å²) in [6.07, 6.45) is 1.55. The van der Waals surface area contributed by atoms with Gasteiger partial charge in [-0.3, -0.25) is 24.6 Å². The summed E-state index contributed by atoms with van der Waals surface area (Å²) in [6, 6.07) is 16.6. The molecule has 0 saturated carbocycles. The van der Waals surface area contributed by atoms with Crippen molar-refractivity contribution in [2.75, 3.05) is 18.9 Å². The predicted octanol–water partition coefficient (Wildman–Crippen LogP) is 3.19. The molecule has 2 N–H and O–H groups in total. The van der Waals surface area contributed by atoms with Crippen LogP contribution in [0.1, 0.15) is 21.7 Å². The smallest absolute Gasteiger partial charge is 0.292 e. The summed E-state index contributed by atoms with van der Waals surface area (Å²) in [7, 11) is 1.57. The third-order valence-corrected chi connectivity index (χ3v) is 4.55. The van der Waals surface area contributed by atoms with Crippen LogP contribution in [-0.2, 0) is 17.9 Å². The van der Waals surface area contributed by atoms with E-state index in [1.165, 1.54) is 12.1 Å². The number of furan rings is 1. The number of nitro benzene ring substituents is 1. The molecule has 0 bridgehead atoms. The Morgan fingerprint density at radius 2 is 1.77 bits per heavy atom. The summed E-state index contributed by atoms with van der Waals surface area (Å²) >= 11 is 0. The fraction of sp³-hybridized carbons (Fsp3) is 0.182. The maximum absolute atomic E-state index is 12.6. The maximum atomic E-state index is 12.6. The van der Waals surface area contributed by atoms with Gasteiger partial charge in [-0.05, 0) is 35.9 Å². The average Bonchev–Trinajstić information content (AvgIpc) is 3.27. The first-order valence-corrected chi connectivity index (χ1v) is 9.55. The van der Waals surface area contributed by atoms with E-state index in [9.17, 15) is 19.7 Å². The molecular formula is C22H22N4O5. The third-order valence-electron chi connectivity index (χ3n) is 4.55. The van der Waals surface area contributed by atoms with Gasteiger partial charge in [-0.2, -0.15) is 0 Å². The van der Waals surface area contributed by atoms with Crippen molar-refractivity contribution in [2.45, 2.75) is 13.1 Å². The Morgan fingerprint density at radius 3 is 2.42 bits per heavy atom. The number of nitro groups is 1. The zero-order valence-corrected chi connectivity index (χ0v) is 16.9. The van der Waals surface area contributed by atoms with E-state index in [4.69, 9.17) is 4.42 Å². The van der Waals surface area contributed by atoms with E-state index in [-0.39, 0.29) is 29.7 Å². The molecule has 1 heterocycles. The van der Waals surface area contributed by atoms with Crippen LogP contribution in [-0.4, -0.2) is 35.2 Å². The Labute approximate surface area is 178 Å². The third kappa shape index (κ3) is 6.00. The van der Waals surface area contributed by atoms with Gasteiger partial charge in [0.1, 0.15) is 11.4 Å². The van der Waals surface area contributed by atoms with Gasteiger partial charge in [0, 0.05) is 25.2 Å². The van der Waals surface area contributed by atoms with Crippen molar-refractivity contribution in [3.05, 3.63) is 93.9 Å². The second kappa shape index (κ2) is 10.2. The number of para-hydroxylation sites is 2. The van der Waals surface area contributed by atoms with Crippen molar-refractivity contribution in [1.82, 2.24) is 10.2 Å². The number of carbonyl (C=O) groups excluding carboxylic acids is 2. The van der Waals surface area contributed by atoms with E-state index < -0.39 is 4.92 Å². The minimum atomic E-state index is -0.537. The Hall–Kier alpha value is -3.98. The van der Waals surface area contributed by atoms with E-state index in [2.05, 4.69) is 10.6 Å². The zero-order valence-electron chi connectivity index (χ0n) is 16.9. The van der Waals surface area contributed by atoms with Crippen LogP contribution in [0.4, 0.5) is 11.4 Å². The molecule has 0 radical (unpaired) electrons. The zero-order chi connectivity index (χ0) is 22.2. The summed E-state index contributed by atoms with van der Waals surface area (Å²) in [4.78, 5) is 36.8. The van der Waals surface area contributed by atoms with Crippen LogP contribution in [0.15, 0.2) is 71.3 Å². The number of carbonyl (C=O) groups is 2. The first-order valence-electron chi connectivity index (χ1n) is 9.55. The van der Waals surface area contributed by atoms with Gasteiger partial charge in [0.15, 0.2) is 0 Å². The monoisotopic (exact) mass is 422 g/mol. The van der Waals surface area contributed by atoms with Gasteiger partial charge >= 0.3 is 0 Å². The molecule has 31 heavy (non-hydrogen) atoms. The highest BCUT2D eigenvalue weighted by Crippen LogP contribution is 2.23. The first-order chi connectivity index (χ1) is 15.0. The molecule has 0 aliphatic rings. The van der Waals surface area contributed by atoms with E-state index in [1.54, 1.807) is 43.6 Å². The highest BCUT2D eigenvalue weighted by Gasteiger charge is 2.18. The van der Waals surface area contributed by atoms with Crippen molar-refractivity contribution < 1.29 is 18.9 Å². The number of benzene rings is 2. The minimum Gasteiger partial charge on any atom is -0.468 e. The summed E-state index contributed by atoms with van der Waals surface area (Å²) in [5.41, 5.74) is 1.42. The molecule has 1 aromatic heterocycles. The van der Waals surface area contributed by atoms with Crippen LogP contribution in [0.2, 0.25) is 0 Å². The van der Waals surface area contributed by atoms with E-state index in [1.807, 2.05) is 23.1 Å². The Balaban J connectivity index is 1.72. The van der Waals surface area contributed by atoms with Crippen LogP contribution < -0.4 is 10.6 Å². The molecule has 9 nitrogen and oxygen atoms in total. The average molecular weight is 422 g/mol. The maximum Gasteiger partial charge on any atom is 0.292 e. The molecule has 160 valence electrons. The van der Waals surface area contributed by atoms with Crippen LogP contribution in [0.25, 0.3) is 0 Å². The van der Waals surface area contributed by atoms with Gasteiger partial charge in [-0.15, -0.1) is 0 Å². The number of rotatable bonds is 9. The van der Waals surface area contributed by atoms with Gasteiger partial charge in [-0.1, -0.05) is 24.3 Å². The van der Waals surface area contributed by atoms with E-state index in [0.29, 0.717) is 24.4 Å². The molecule has 0 fully saturated rings. The molecule has 0 spiro atoms. The second-order valence-corrected chi connectivity index (χ2v) is 6.82. The van der Waals surface area contributed by atoms with Crippen LogP contribution in [0.5, 0.6) is 0 Å². The van der Waals surface area contributed by atoms with E-state index >= 15 is 0 Å². The number of anilines is 1. The van der Waals surface area contributed by atoms with Crippen LogP contribution in [0, 0.1) is 10.1 Å². The number of hydrogen-bond acceptors (Lipinski definition) is 6.